The van der Waals surface area contributed by atoms with Crippen LogP contribution in [0.5, 0.6) is 5.75 Å². The molecular formula is C13H19NO. The highest BCUT2D eigenvalue weighted by Gasteiger charge is 2.34. The fourth-order valence-corrected chi connectivity index (χ4v) is 2.20. The zero-order valence-corrected chi connectivity index (χ0v) is 9.29. The van der Waals surface area contributed by atoms with Gasteiger partial charge in [-0.05, 0) is 31.7 Å². The molecule has 1 fully saturated rings. The number of benzene rings is 1. The van der Waals surface area contributed by atoms with E-state index in [4.69, 9.17) is 0 Å². The van der Waals surface area contributed by atoms with Crippen molar-refractivity contribution in [3.8, 4) is 5.75 Å². The molecule has 0 aromatic heterocycles. The summed E-state index contributed by atoms with van der Waals surface area (Å²) in [6.07, 6.45) is 5.07. The van der Waals surface area contributed by atoms with E-state index in [9.17, 15) is 5.11 Å². The van der Waals surface area contributed by atoms with Crippen molar-refractivity contribution in [1.82, 2.24) is 5.32 Å². The lowest BCUT2D eigenvalue weighted by Crippen LogP contribution is -2.49. The largest absolute Gasteiger partial charge is 0.508 e. The second-order valence-electron chi connectivity index (χ2n) is 4.47. The van der Waals surface area contributed by atoms with Gasteiger partial charge < -0.3 is 10.4 Å². The minimum absolute atomic E-state index is 0.349. The molecule has 1 saturated carbocycles. The van der Waals surface area contributed by atoms with Crippen LogP contribution < -0.4 is 5.32 Å². The molecule has 2 N–H and O–H groups in total. The zero-order chi connectivity index (χ0) is 10.7. The van der Waals surface area contributed by atoms with Crippen LogP contribution in [0.15, 0.2) is 24.3 Å². The molecule has 0 spiro atoms. The maximum absolute atomic E-state index is 9.63. The van der Waals surface area contributed by atoms with E-state index >= 15 is 0 Å². The van der Waals surface area contributed by atoms with Crippen LogP contribution in [0, 0.1) is 0 Å². The van der Waals surface area contributed by atoms with Crippen molar-refractivity contribution in [1.29, 1.82) is 0 Å². The van der Waals surface area contributed by atoms with E-state index in [1.807, 2.05) is 18.2 Å². The third kappa shape index (κ3) is 2.15. The number of phenols is 1. The molecule has 0 unspecified atom stereocenters. The molecule has 0 aliphatic heterocycles. The number of nitrogens with one attached hydrogen (secondary N) is 1. The molecule has 1 aromatic carbocycles. The summed E-state index contributed by atoms with van der Waals surface area (Å²) in [6, 6.07) is 7.55. The third-order valence-electron chi connectivity index (χ3n) is 3.63. The van der Waals surface area contributed by atoms with Gasteiger partial charge in [0, 0.05) is 17.6 Å². The van der Waals surface area contributed by atoms with Gasteiger partial charge in [-0.3, -0.25) is 0 Å². The number of phenolic OH excluding ortho intramolecular Hbond substituents is 1. The Bertz CT molecular complexity index is 326. The third-order valence-corrected chi connectivity index (χ3v) is 3.63. The highest BCUT2D eigenvalue weighted by molar-refractivity contribution is 5.31. The van der Waals surface area contributed by atoms with Gasteiger partial charge in [0.2, 0.25) is 0 Å². The molecule has 2 rings (SSSR count). The number of para-hydroxylation sites is 1. The molecule has 0 radical (unpaired) electrons. The van der Waals surface area contributed by atoms with Gasteiger partial charge >= 0.3 is 0 Å². The first kappa shape index (κ1) is 10.5. The maximum Gasteiger partial charge on any atom is 0.120 e. The number of rotatable bonds is 4. The normalized spacial score (nSPS) is 18.5. The van der Waals surface area contributed by atoms with E-state index in [-0.39, 0.29) is 0 Å². The van der Waals surface area contributed by atoms with Crippen molar-refractivity contribution in [3.05, 3.63) is 29.8 Å². The van der Waals surface area contributed by atoms with Crippen LogP contribution in [0.4, 0.5) is 0 Å². The van der Waals surface area contributed by atoms with Gasteiger partial charge in [0.1, 0.15) is 5.75 Å². The zero-order valence-electron chi connectivity index (χ0n) is 9.29. The van der Waals surface area contributed by atoms with Gasteiger partial charge in [0.25, 0.3) is 0 Å². The highest BCUT2D eigenvalue weighted by atomic mass is 16.3. The first-order chi connectivity index (χ1) is 7.26. The van der Waals surface area contributed by atoms with E-state index in [0.717, 1.165) is 12.1 Å². The summed E-state index contributed by atoms with van der Waals surface area (Å²) >= 11 is 0. The lowest BCUT2D eigenvalue weighted by Gasteiger charge is -2.42. The summed E-state index contributed by atoms with van der Waals surface area (Å²) in [5.74, 6) is 0.399. The molecular weight excluding hydrogens is 186 g/mol. The van der Waals surface area contributed by atoms with E-state index < -0.39 is 0 Å². The van der Waals surface area contributed by atoms with Crippen LogP contribution in [0.1, 0.15) is 38.2 Å². The summed E-state index contributed by atoms with van der Waals surface area (Å²) in [5.41, 5.74) is 1.35. The molecule has 0 bridgehead atoms. The Morgan fingerprint density at radius 2 is 2.07 bits per heavy atom. The second kappa shape index (κ2) is 4.23. The molecule has 2 nitrogen and oxygen atoms in total. The first-order valence-electron chi connectivity index (χ1n) is 5.78. The predicted octanol–water partition coefficient (Wildman–Crippen LogP) is 2.81. The summed E-state index contributed by atoms with van der Waals surface area (Å²) < 4.78 is 0. The average Bonchev–Trinajstić information content (AvgIpc) is 2.19. The average molecular weight is 205 g/mol. The topological polar surface area (TPSA) is 32.3 Å². The van der Waals surface area contributed by atoms with E-state index in [0.29, 0.717) is 11.3 Å². The molecule has 82 valence electrons. The summed E-state index contributed by atoms with van der Waals surface area (Å²) in [6.45, 7) is 3.01. The van der Waals surface area contributed by atoms with Crippen LogP contribution >= 0.6 is 0 Å². The molecule has 1 aliphatic rings. The number of hydrogen-bond acceptors (Lipinski definition) is 2. The van der Waals surface area contributed by atoms with Crippen molar-refractivity contribution < 1.29 is 5.11 Å². The Kier molecular flexibility index (Phi) is 2.96. The quantitative estimate of drug-likeness (QED) is 0.792. The second-order valence-corrected chi connectivity index (χ2v) is 4.47. The number of aromatic hydroxyl groups is 1. The summed E-state index contributed by atoms with van der Waals surface area (Å²) in [5, 5.41) is 13.2. The van der Waals surface area contributed by atoms with Crippen LogP contribution in [0.3, 0.4) is 0 Å². The molecule has 15 heavy (non-hydrogen) atoms. The highest BCUT2D eigenvalue weighted by Crippen LogP contribution is 2.35. The van der Waals surface area contributed by atoms with Crippen LogP contribution in [0.25, 0.3) is 0 Å². The first-order valence-corrected chi connectivity index (χ1v) is 5.78. The van der Waals surface area contributed by atoms with Gasteiger partial charge in [0.05, 0.1) is 0 Å². The van der Waals surface area contributed by atoms with Gasteiger partial charge in [-0.15, -0.1) is 0 Å². The molecule has 0 saturated heterocycles. The van der Waals surface area contributed by atoms with Crippen molar-refractivity contribution >= 4 is 0 Å². The molecule has 2 heteroatoms. The van der Waals surface area contributed by atoms with Crippen molar-refractivity contribution in [2.45, 2.75) is 44.7 Å². The van der Waals surface area contributed by atoms with Gasteiger partial charge in [0.15, 0.2) is 0 Å². The Morgan fingerprint density at radius 1 is 1.33 bits per heavy atom. The predicted molar refractivity (Wildman–Crippen MR) is 61.8 cm³/mol. The smallest absolute Gasteiger partial charge is 0.120 e. The lowest BCUT2D eigenvalue weighted by atomic mass is 9.75. The Labute approximate surface area is 91.3 Å². The molecule has 0 atom stereocenters. The van der Waals surface area contributed by atoms with Gasteiger partial charge in [-0.2, -0.15) is 0 Å². The Morgan fingerprint density at radius 3 is 2.60 bits per heavy atom. The minimum atomic E-state index is 0.349. The molecule has 1 aliphatic carbocycles. The summed E-state index contributed by atoms with van der Waals surface area (Å²) in [7, 11) is 0. The van der Waals surface area contributed by atoms with E-state index in [1.165, 1.54) is 25.7 Å². The van der Waals surface area contributed by atoms with Crippen LogP contribution in [0.2, 0.25) is 0 Å². The monoisotopic (exact) mass is 205 g/mol. The van der Waals surface area contributed by atoms with Crippen LogP contribution in [-0.4, -0.2) is 10.6 Å². The minimum Gasteiger partial charge on any atom is -0.508 e. The fourth-order valence-electron chi connectivity index (χ4n) is 2.20. The maximum atomic E-state index is 9.63. The standard InChI is InChI=1S/C13H19NO/c1-2-13(8-5-9-13)14-10-11-6-3-4-7-12(11)15/h3-4,6-7,14-15H,2,5,8-10H2,1H3. The molecule has 1 aromatic rings. The van der Waals surface area contributed by atoms with E-state index in [1.54, 1.807) is 6.07 Å². The van der Waals surface area contributed by atoms with Crippen LogP contribution in [-0.2, 0) is 6.54 Å². The van der Waals surface area contributed by atoms with E-state index in [2.05, 4.69) is 12.2 Å². The van der Waals surface area contributed by atoms with Crippen molar-refractivity contribution in [2.24, 2.45) is 0 Å². The summed E-state index contributed by atoms with van der Waals surface area (Å²) in [4.78, 5) is 0. The lowest BCUT2D eigenvalue weighted by molar-refractivity contribution is 0.175. The Hall–Kier alpha value is -1.02. The van der Waals surface area contributed by atoms with Crippen molar-refractivity contribution in [3.63, 3.8) is 0 Å². The fraction of sp³-hybridized carbons (Fsp3) is 0.538. The number of hydrogen-bond donors (Lipinski definition) is 2. The SMILES string of the molecule is CCC1(NCc2ccccc2O)CCC1. The molecule has 0 heterocycles. The van der Waals surface area contributed by atoms with Crippen molar-refractivity contribution in [2.75, 3.05) is 0 Å². The molecule has 0 amide bonds. The Balaban J connectivity index is 1.95. The van der Waals surface area contributed by atoms with Gasteiger partial charge in [-0.1, -0.05) is 25.1 Å². The van der Waals surface area contributed by atoms with Gasteiger partial charge in [-0.25, -0.2) is 0 Å².